The monoisotopic (exact) mass is 195 g/mol. The highest BCUT2D eigenvalue weighted by atomic mass is 35.7. The lowest BCUT2D eigenvalue weighted by Crippen LogP contribution is -2.18. The summed E-state index contributed by atoms with van der Waals surface area (Å²) in [6, 6.07) is 0.184. The Morgan fingerprint density at radius 2 is 2.27 bits per heavy atom. The van der Waals surface area contributed by atoms with Crippen LogP contribution >= 0.6 is 10.7 Å². The molecule has 1 aliphatic rings. The van der Waals surface area contributed by atoms with Crippen LogP contribution in [0.1, 0.15) is 12.8 Å². The van der Waals surface area contributed by atoms with E-state index in [1.807, 2.05) is 0 Å². The van der Waals surface area contributed by atoms with E-state index in [1.165, 1.54) is 0 Å². The highest BCUT2D eigenvalue weighted by Gasteiger charge is 2.10. The Morgan fingerprint density at radius 3 is 2.73 bits per heavy atom. The molecule has 0 aromatic heterocycles. The molecule has 3 nitrogen and oxygen atoms in total. The normalized spacial score (nSPS) is 26.5. The summed E-state index contributed by atoms with van der Waals surface area (Å²) in [4.78, 5) is 0. The zero-order valence-electron chi connectivity index (χ0n) is 5.96. The second-order valence-corrected chi connectivity index (χ2v) is 5.02. The van der Waals surface area contributed by atoms with Crippen LogP contribution in [-0.2, 0) is 9.05 Å². The van der Waals surface area contributed by atoms with Crippen molar-refractivity contribution in [2.24, 2.45) is 0 Å². The van der Waals surface area contributed by atoms with Crippen molar-refractivity contribution in [2.45, 2.75) is 18.9 Å². The maximum atomic E-state index is 10.4. The zero-order chi connectivity index (χ0) is 8.32. The van der Waals surface area contributed by atoms with Gasteiger partial charge in [0.05, 0.1) is 0 Å². The summed E-state index contributed by atoms with van der Waals surface area (Å²) in [5.74, 6) is 0. The lowest BCUT2D eigenvalue weighted by Gasteiger charge is -1.99. The molecule has 1 rings (SSSR count). The molecule has 1 fully saturated rings. The fraction of sp³-hybridized carbons (Fsp3) is 0.667. The maximum absolute atomic E-state index is 10.4. The van der Waals surface area contributed by atoms with Crippen molar-refractivity contribution in [2.75, 3.05) is 6.54 Å². The topological polar surface area (TPSA) is 46.2 Å². The number of rotatable bonds is 2. The Balaban J connectivity index is 2.47. The van der Waals surface area contributed by atoms with Gasteiger partial charge in [0.15, 0.2) is 0 Å². The SMILES string of the molecule is O=S(=O)(Cl)/C=C\C1CCCN1. The fourth-order valence-electron chi connectivity index (χ4n) is 1.06. The quantitative estimate of drug-likeness (QED) is 0.664. The van der Waals surface area contributed by atoms with Gasteiger partial charge in [0.2, 0.25) is 0 Å². The molecule has 0 radical (unpaired) electrons. The highest BCUT2D eigenvalue weighted by molar-refractivity contribution is 8.16. The van der Waals surface area contributed by atoms with E-state index in [4.69, 9.17) is 10.7 Å². The molecule has 1 N–H and O–H groups in total. The Morgan fingerprint density at radius 1 is 1.55 bits per heavy atom. The Kier molecular flexibility index (Phi) is 2.92. The van der Waals surface area contributed by atoms with Crippen LogP contribution in [-0.4, -0.2) is 21.0 Å². The van der Waals surface area contributed by atoms with Gasteiger partial charge in [0, 0.05) is 22.1 Å². The van der Waals surface area contributed by atoms with Crippen molar-refractivity contribution in [3.05, 3.63) is 11.5 Å². The van der Waals surface area contributed by atoms with E-state index in [2.05, 4.69) is 5.32 Å². The van der Waals surface area contributed by atoms with Crippen LogP contribution in [0.5, 0.6) is 0 Å². The minimum atomic E-state index is -3.46. The van der Waals surface area contributed by atoms with Gasteiger partial charge in [-0.3, -0.25) is 0 Å². The van der Waals surface area contributed by atoms with Crippen molar-refractivity contribution < 1.29 is 8.42 Å². The summed E-state index contributed by atoms with van der Waals surface area (Å²) in [7, 11) is 1.51. The summed E-state index contributed by atoms with van der Waals surface area (Å²) < 4.78 is 20.9. The molecule has 0 bridgehead atoms. The smallest absolute Gasteiger partial charge is 0.254 e. The van der Waals surface area contributed by atoms with E-state index in [-0.39, 0.29) is 6.04 Å². The lowest BCUT2D eigenvalue weighted by atomic mass is 10.2. The third-order valence-electron chi connectivity index (χ3n) is 1.57. The minimum absolute atomic E-state index is 0.184. The van der Waals surface area contributed by atoms with Gasteiger partial charge in [0.25, 0.3) is 9.05 Å². The van der Waals surface area contributed by atoms with Crippen LogP contribution in [0.15, 0.2) is 11.5 Å². The van der Waals surface area contributed by atoms with Crippen molar-refractivity contribution in [1.82, 2.24) is 5.32 Å². The molecule has 1 atom stereocenters. The number of hydrogen-bond acceptors (Lipinski definition) is 3. The summed E-state index contributed by atoms with van der Waals surface area (Å²) in [5, 5.41) is 4.16. The second kappa shape index (κ2) is 3.56. The first-order valence-electron chi connectivity index (χ1n) is 3.44. The minimum Gasteiger partial charge on any atom is -0.310 e. The fourth-order valence-corrected chi connectivity index (χ4v) is 1.62. The molecule has 0 aliphatic carbocycles. The molecule has 64 valence electrons. The van der Waals surface area contributed by atoms with Crippen LogP contribution in [0.3, 0.4) is 0 Å². The standard InChI is InChI=1S/C6H10ClNO2S/c7-11(9,10)5-3-6-2-1-4-8-6/h3,5-6,8H,1-2,4H2/b5-3-. The second-order valence-electron chi connectivity index (χ2n) is 2.51. The first-order valence-corrected chi connectivity index (χ1v) is 5.81. The number of nitrogens with one attached hydrogen (secondary N) is 1. The van der Waals surface area contributed by atoms with Crippen molar-refractivity contribution in [3.63, 3.8) is 0 Å². The molecular weight excluding hydrogens is 186 g/mol. The van der Waals surface area contributed by atoms with Crippen molar-refractivity contribution >= 4 is 19.7 Å². The summed E-state index contributed by atoms with van der Waals surface area (Å²) in [6.45, 7) is 0.956. The maximum Gasteiger partial charge on any atom is 0.254 e. The molecule has 0 aromatic carbocycles. The molecule has 11 heavy (non-hydrogen) atoms. The first kappa shape index (κ1) is 9.03. The zero-order valence-corrected chi connectivity index (χ0v) is 7.53. The van der Waals surface area contributed by atoms with Crippen LogP contribution in [0, 0.1) is 0 Å². The number of halogens is 1. The molecule has 0 spiro atoms. The van der Waals surface area contributed by atoms with Crippen LogP contribution in [0.2, 0.25) is 0 Å². The summed E-state index contributed by atoms with van der Waals surface area (Å²) in [5.41, 5.74) is 0. The molecule has 1 saturated heterocycles. The number of hydrogen-bond donors (Lipinski definition) is 1. The van der Waals surface area contributed by atoms with Crippen LogP contribution < -0.4 is 5.32 Å². The Bertz CT molecular complexity index is 241. The van der Waals surface area contributed by atoms with Gasteiger partial charge in [-0.05, 0) is 19.4 Å². The largest absolute Gasteiger partial charge is 0.310 e. The van der Waals surface area contributed by atoms with E-state index in [1.54, 1.807) is 6.08 Å². The molecule has 1 aliphatic heterocycles. The van der Waals surface area contributed by atoms with Crippen molar-refractivity contribution in [3.8, 4) is 0 Å². The predicted molar refractivity (Wildman–Crippen MR) is 44.9 cm³/mol. The lowest BCUT2D eigenvalue weighted by molar-refractivity contribution is 0.616. The third kappa shape index (κ3) is 3.74. The highest BCUT2D eigenvalue weighted by Crippen LogP contribution is 2.08. The third-order valence-corrected chi connectivity index (χ3v) is 2.36. The molecule has 1 unspecified atom stereocenters. The van der Waals surface area contributed by atoms with Crippen LogP contribution in [0.4, 0.5) is 0 Å². The summed E-state index contributed by atoms with van der Waals surface area (Å²) in [6.07, 6.45) is 3.68. The molecule has 5 heteroatoms. The average molecular weight is 196 g/mol. The molecule has 0 amide bonds. The van der Waals surface area contributed by atoms with Gasteiger partial charge in [-0.2, -0.15) is 0 Å². The van der Waals surface area contributed by atoms with Crippen molar-refractivity contribution in [1.29, 1.82) is 0 Å². The molecule has 0 aromatic rings. The van der Waals surface area contributed by atoms with E-state index in [9.17, 15) is 8.42 Å². The summed E-state index contributed by atoms with van der Waals surface area (Å²) >= 11 is 0. The van der Waals surface area contributed by atoms with Gasteiger partial charge in [-0.1, -0.05) is 6.08 Å². The van der Waals surface area contributed by atoms with Gasteiger partial charge in [-0.25, -0.2) is 8.42 Å². The van der Waals surface area contributed by atoms with Gasteiger partial charge in [-0.15, -0.1) is 0 Å². The van der Waals surface area contributed by atoms with Gasteiger partial charge in [0.1, 0.15) is 0 Å². The van der Waals surface area contributed by atoms with Gasteiger partial charge < -0.3 is 5.32 Å². The van der Waals surface area contributed by atoms with Crippen LogP contribution in [0.25, 0.3) is 0 Å². The predicted octanol–water partition coefficient (Wildman–Crippen LogP) is 0.821. The van der Waals surface area contributed by atoms with E-state index >= 15 is 0 Å². The molecule has 0 saturated carbocycles. The Hall–Kier alpha value is -0.0600. The van der Waals surface area contributed by atoms with E-state index < -0.39 is 9.05 Å². The van der Waals surface area contributed by atoms with E-state index in [0.717, 1.165) is 24.8 Å². The van der Waals surface area contributed by atoms with Gasteiger partial charge >= 0.3 is 0 Å². The first-order chi connectivity index (χ1) is 5.08. The average Bonchev–Trinajstić information content (AvgIpc) is 2.32. The Labute approximate surface area is 70.9 Å². The molecular formula is C6H10ClNO2S. The molecule has 1 heterocycles. The van der Waals surface area contributed by atoms with E-state index in [0.29, 0.717) is 0 Å².